The Bertz CT molecular complexity index is 817. The van der Waals surface area contributed by atoms with E-state index < -0.39 is 6.29 Å². The Morgan fingerprint density at radius 1 is 1.12 bits per heavy atom. The second-order valence-corrected chi connectivity index (χ2v) is 5.04. The van der Waals surface area contributed by atoms with Crippen LogP contribution in [-0.2, 0) is 6.61 Å². The predicted octanol–water partition coefficient (Wildman–Crippen LogP) is 1.84. The first-order valence-electron chi connectivity index (χ1n) is 7.29. The van der Waals surface area contributed by atoms with Gasteiger partial charge in [-0.05, 0) is 29.8 Å². The van der Waals surface area contributed by atoms with E-state index in [1.165, 1.54) is 23.0 Å². The molecule has 1 aromatic carbocycles. The summed E-state index contributed by atoms with van der Waals surface area (Å²) in [6.07, 6.45) is 1.51. The van der Waals surface area contributed by atoms with Crippen LogP contribution in [0.2, 0.25) is 0 Å². The fourth-order valence-electron chi connectivity index (χ4n) is 2.20. The largest absolute Gasteiger partial charge is 0.497 e. The maximum absolute atomic E-state index is 9.27. The SMILES string of the molecule is COc1cccc(COc2ccnn2-c2cc(C(O)O)ccn2)c1. The highest BCUT2D eigenvalue weighted by Gasteiger charge is 2.10. The van der Waals surface area contributed by atoms with E-state index in [9.17, 15) is 10.2 Å². The number of ether oxygens (including phenoxy) is 2. The maximum Gasteiger partial charge on any atom is 0.218 e. The molecule has 0 atom stereocenters. The molecule has 2 aromatic heterocycles. The molecule has 0 unspecified atom stereocenters. The number of hydrogen-bond acceptors (Lipinski definition) is 6. The van der Waals surface area contributed by atoms with Gasteiger partial charge in [0.15, 0.2) is 12.1 Å². The highest BCUT2D eigenvalue weighted by atomic mass is 16.5. The number of pyridine rings is 1. The summed E-state index contributed by atoms with van der Waals surface area (Å²) in [5.41, 5.74) is 1.28. The van der Waals surface area contributed by atoms with Gasteiger partial charge >= 0.3 is 0 Å². The third-order valence-electron chi connectivity index (χ3n) is 3.41. The van der Waals surface area contributed by atoms with Crippen molar-refractivity contribution in [3.05, 3.63) is 66.0 Å². The summed E-state index contributed by atoms with van der Waals surface area (Å²) >= 11 is 0. The Balaban J connectivity index is 1.79. The monoisotopic (exact) mass is 327 g/mol. The fraction of sp³-hybridized carbons (Fsp3) is 0.176. The molecular formula is C17H17N3O4. The lowest BCUT2D eigenvalue weighted by atomic mass is 10.2. The lowest BCUT2D eigenvalue weighted by Gasteiger charge is -2.11. The summed E-state index contributed by atoms with van der Waals surface area (Å²) < 4.78 is 12.5. The fourth-order valence-corrected chi connectivity index (χ4v) is 2.20. The zero-order valence-electron chi connectivity index (χ0n) is 13.0. The Kier molecular flexibility index (Phi) is 4.74. The third-order valence-corrected chi connectivity index (χ3v) is 3.41. The molecule has 0 aliphatic rings. The molecule has 3 aromatic rings. The molecule has 0 bridgehead atoms. The average Bonchev–Trinajstić information content (AvgIpc) is 3.09. The van der Waals surface area contributed by atoms with Crippen molar-refractivity contribution in [1.82, 2.24) is 14.8 Å². The molecule has 2 N–H and O–H groups in total. The highest BCUT2D eigenvalue weighted by molar-refractivity contribution is 5.32. The number of methoxy groups -OCH3 is 1. The molecule has 0 aliphatic heterocycles. The summed E-state index contributed by atoms with van der Waals surface area (Å²) in [5.74, 6) is 1.69. The van der Waals surface area contributed by atoms with Crippen molar-refractivity contribution in [2.75, 3.05) is 7.11 Å². The van der Waals surface area contributed by atoms with Crippen molar-refractivity contribution in [2.24, 2.45) is 0 Å². The Labute approximate surface area is 138 Å². The van der Waals surface area contributed by atoms with E-state index in [4.69, 9.17) is 9.47 Å². The zero-order valence-corrected chi connectivity index (χ0v) is 13.0. The van der Waals surface area contributed by atoms with E-state index in [1.807, 2.05) is 24.3 Å². The van der Waals surface area contributed by atoms with Crippen LogP contribution in [0.3, 0.4) is 0 Å². The third kappa shape index (κ3) is 3.53. The summed E-state index contributed by atoms with van der Waals surface area (Å²) in [6, 6.07) is 12.4. The van der Waals surface area contributed by atoms with Crippen LogP contribution in [0.15, 0.2) is 54.9 Å². The van der Waals surface area contributed by atoms with Crippen molar-refractivity contribution in [3.8, 4) is 17.4 Å². The predicted molar refractivity (Wildman–Crippen MR) is 85.9 cm³/mol. The minimum Gasteiger partial charge on any atom is -0.497 e. The van der Waals surface area contributed by atoms with E-state index in [0.717, 1.165) is 11.3 Å². The summed E-state index contributed by atoms with van der Waals surface area (Å²) in [6.45, 7) is 0.339. The molecule has 24 heavy (non-hydrogen) atoms. The highest BCUT2D eigenvalue weighted by Crippen LogP contribution is 2.20. The molecule has 7 heteroatoms. The first-order valence-corrected chi connectivity index (χ1v) is 7.29. The number of aliphatic hydroxyl groups excluding tert-OH is 1. The van der Waals surface area contributed by atoms with Crippen LogP contribution >= 0.6 is 0 Å². The van der Waals surface area contributed by atoms with Crippen molar-refractivity contribution < 1.29 is 19.7 Å². The van der Waals surface area contributed by atoms with Crippen LogP contribution in [0, 0.1) is 0 Å². The van der Waals surface area contributed by atoms with E-state index >= 15 is 0 Å². The molecular weight excluding hydrogens is 310 g/mol. The molecule has 0 saturated heterocycles. The molecule has 0 saturated carbocycles. The zero-order chi connectivity index (χ0) is 16.9. The number of aromatic nitrogens is 3. The van der Waals surface area contributed by atoms with Gasteiger partial charge in [-0.15, -0.1) is 0 Å². The van der Waals surface area contributed by atoms with Gasteiger partial charge in [0.2, 0.25) is 5.88 Å². The van der Waals surface area contributed by atoms with Crippen molar-refractivity contribution in [1.29, 1.82) is 0 Å². The smallest absolute Gasteiger partial charge is 0.218 e. The Hall–Kier alpha value is -2.90. The lowest BCUT2D eigenvalue weighted by Crippen LogP contribution is -2.06. The van der Waals surface area contributed by atoms with Gasteiger partial charge < -0.3 is 19.7 Å². The van der Waals surface area contributed by atoms with Crippen molar-refractivity contribution >= 4 is 0 Å². The minimum atomic E-state index is -1.57. The van der Waals surface area contributed by atoms with Gasteiger partial charge in [0.25, 0.3) is 0 Å². The normalized spacial score (nSPS) is 10.8. The topological polar surface area (TPSA) is 89.6 Å². The van der Waals surface area contributed by atoms with E-state index in [-0.39, 0.29) is 0 Å². The summed E-state index contributed by atoms with van der Waals surface area (Å²) in [7, 11) is 1.61. The molecule has 7 nitrogen and oxygen atoms in total. The van der Waals surface area contributed by atoms with Crippen LogP contribution in [0.4, 0.5) is 0 Å². The van der Waals surface area contributed by atoms with Crippen LogP contribution < -0.4 is 9.47 Å². The standard InChI is InChI=1S/C17H17N3O4/c1-23-14-4-2-3-12(9-14)11-24-16-6-8-19-20(16)15-10-13(17(21)22)5-7-18-15/h2-10,17,21-22H,11H2,1H3. The molecule has 0 aliphatic carbocycles. The van der Waals surface area contributed by atoms with E-state index in [0.29, 0.717) is 23.9 Å². The molecule has 3 rings (SSSR count). The molecule has 0 amide bonds. The second-order valence-electron chi connectivity index (χ2n) is 5.04. The van der Waals surface area contributed by atoms with Crippen molar-refractivity contribution in [2.45, 2.75) is 12.9 Å². The lowest BCUT2D eigenvalue weighted by molar-refractivity contribution is -0.0425. The Morgan fingerprint density at radius 2 is 2.00 bits per heavy atom. The van der Waals surface area contributed by atoms with Gasteiger partial charge in [-0.2, -0.15) is 9.78 Å². The van der Waals surface area contributed by atoms with Gasteiger partial charge in [-0.1, -0.05) is 12.1 Å². The van der Waals surface area contributed by atoms with Crippen LogP contribution in [-0.4, -0.2) is 32.1 Å². The maximum atomic E-state index is 9.27. The minimum absolute atomic E-state index is 0.328. The first kappa shape index (κ1) is 16.0. The van der Waals surface area contributed by atoms with Gasteiger partial charge in [-0.25, -0.2) is 4.98 Å². The van der Waals surface area contributed by atoms with Crippen LogP contribution in [0.5, 0.6) is 11.6 Å². The molecule has 0 fully saturated rings. The second kappa shape index (κ2) is 7.12. The van der Waals surface area contributed by atoms with Crippen molar-refractivity contribution in [3.63, 3.8) is 0 Å². The summed E-state index contributed by atoms with van der Waals surface area (Å²) in [4.78, 5) is 4.19. The van der Waals surface area contributed by atoms with Crippen LogP contribution in [0.1, 0.15) is 17.4 Å². The molecule has 0 spiro atoms. The molecule has 124 valence electrons. The van der Waals surface area contributed by atoms with E-state index in [1.54, 1.807) is 19.4 Å². The quantitative estimate of drug-likeness (QED) is 0.672. The molecule has 0 radical (unpaired) electrons. The summed E-state index contributed by atoms with van der Waals surface area (Å²) in [5, 5.41) is 22.7. The van der Waals surface area contributed by atoms with E-state index in [2.05, 4.69) is 10.1 Å². The van der Waals surface area contributed by atoms with Gasteiger partial charge in [0.05, 0.1) is 13.3 Å². The van der Waals surface area contributed by atoms with Crippen LogP contribution in [0.25, 0.3) is 5.82 Å². The van der Waals surface area contributed by atoms with Gasteiger partial charge in [-0.3, -0.25) is 0 Å². The Morgan fingerprint density at radius 3 is 2.79 bits per heavy atom. The first-order chi connectivity index (χ1) is 11.7. The number of nitrogens with zero attached hydrogens (tertiary/aromatic N) is 3. The number of benzene rings is 1. The number of hydrogen-bond donors (Lipinski definition) is 2. The van der Waals surface area contributed by atoms with Gasteiger partial charge in [0.1, 0.15) is 12.4 Å². The number of rotatable bonds is 6. The molecule has 2 heterocycles. The van der Waals surface area contributed by atoms with Gasteiger partial charge in [0, 0.05) is 17.8 Å². The average molecular weight is 327 g/mol. The number of aliphatic hydroxyl groups is 2.